The largest absolute Gasteiger partial charge is 0.451 e. The number of esters is 1. The number of para-hydroxylation sites is 1. The molecule has 8 heteroatoms. The van der Waals surface area contributed by atoms with Gasteiger partial charge in [-0.1, -0.05) is 24.3 Å². The molecule has 1 aromatic heterocycles. The van der Waals surface area contributed by atoms with Crippen molar-refractivity contribution in [1.29, 1.82) is 0 Å². The molecule has 0 fully saturated rings. The molecule has 0 bridgehead atoms. The van der Waals surface area contributed by atoms with Crippen LogP contribution in [-0.2, 0) is 9.53 Å². The van der Waals surface area contributed by atoms with Crippen molar-refractivity contribution >= 4 is 34.4 Å². The van der Waals surface area contributed by atoms with Crippen molar-refractivity contribution in [1.82, 2.24) is 15.8 Å². The summed E-state index contributed by atoms with van der Waals surface area (Å²) in [5.41, 5.74) is 6.70. The van der Waals surface area contributed by atoms with E-state index in [1.54, 1.807) is 24.3 Å². The predicted octanol–water partition coefficient (Wildman–Crippen LogP) is 2.70. The number of benzene rings is 2. The van der Waals surface area contributed by atoms with Gasteiger partial charge in [-0.2, -0.15) is 0 Å². The Balaban J connectivity index is 1.48. The molecule has 0 aliphatic rings. The van der Waals surface area contributed by atoms with Crippen LogP contribution >= 0.6 is 0 Å². The van der Waals surface area contributed by atoms with Gasteiger partial charge in [0.2, 0.25) is 0 Å². The molecular weight excluding hydrogens is 396 g/mol. The van der Waals surface area contributed by atoms with E-state index in [1.165, 1.54) is 6.07 Å². The smallest absolute Gasteiger partial charge is 0.357 e. The van der Waals surface area contributed by atoms with Crippen LogP contribution < -0.4 is 15.8 Å². The lowest BCUT2D eigenvalue weighted by molar-refractivity contribution is -0.125. The molecule has 31 heavy (non-hydrogen) atoms. The Morgan fingerprint density at radius 3 is 2.32 bits per heavy atom. The number of nitrogens with one attached hydrogen (secondary N) is 2. The summed E-state index contributed by atoms with van der Waals surface area (Å²) in [6, 6.07) is 17.7. The summed E-state index contributed by atoms with van der Waals surface area (Å²) in [4.78, 5) is 42.6. The molecule has 0 radical (unpaired) electrons. The van der Waals surface area contributed by atoms with Crippen LogP contribution in [0.25, 0.3) is 10.9 Å². The minimum Gasteiger partial charge on any atom is -0.451 e. The van der Waals surface area contributed by atoms with Crippen LogP contribution in [0.3, 0.4) is 0 Å². The van der Waals surface area contributed by atoms with E-state index in [2.05, 4.69) is 34.6 Å². The Morgan fingerprint density at radius 1 is 0.903 bits per heavy atom. The number of carbonyl (C=O) groups is 3. The lowest BCUT2D eigenvalue weighted by Gasteiger charge is -2.21. The number of carbonyl (C=O) groups excluding carboxylic acids is 3. The number of pyridine rings is 1. The zero-order valence-electron chi connectivity index (χ0n) is 17.4. The second-order valence-corrected chi connectivity index (χ2v) is 6.69. The highest BCUT2D eigenvalue weighted by Crippen LogP contribution is 2.15. The first-order valence-corrected chi connectivity index (χ1v) is 9.99. The van der Waals surface area contributed by atoms with Gasteiger partial charge in [-0.3, -0.25) is 20.4 Å². The normalized spacial score (nSPS) is 10.4. The van der Waals surface area contributed by atoms with E-state index in [-0.39, 0.29) is 5.69 Å². The maximum Gasteiger partial charge on any atom is 0.357 e. The van der Waals surface area contributed by atoms with E-state index in [9.17, 15) is 14.4 Å². The van der Waals surface area contributed by atoms with Gasteiger partial charge >= 0.3 is 5.97 Å². The minimum atomic E-state index is -0.723. The van der Waals surface area contributed by atoms with Gasteiger partial charge in [-0.05, 0) is 50.2 Å². The first-order valence-electron chi connectivity index (χ1n) is 9.99. The number of aromatic nitrogens is 1. The van der Waals surface area contributed by atoms with Crippen LogP contribution in [0.5, 0.6) is 0 Å². The zero-order chi connectivity index (χ0) is 22.2. The zero-order valence-corrected chi connectivity index (χ0v) is 17.4. The van der Waals surface area contributed by atoms with Crippen molar-refractivity contribution < 1.29 is 19.1 Å². The van der Waals surface area contributed by atoms with Crippen molar-refractivity contribution in [3.05, 3.63) is 71.9 Å². The summed E-state index contributed by atoms with van der Waals surface area (Å²) in [6.07, 6.45) is 0. The number of hydrazine groups is 1. The number of hydrogen-bond donors (Lipinski definition) is 2. The predicted molar refractivity (Wildman–Crippen MR) is 118 cm³/mol. The summed E-state index contributed by atoms with van der Waals surface area (Å²) in [5, 5.41) is 0.893. The molecule has 0 aliphatic heterocycles. The van der Waals surface area contributed by atoms with Crippen molar-refractivity contribution in [2.45, 2.75) is 13.8 Å². The van der Waals surface area contributed by atoms with Crippen LogP contribution in [0.2, 0.25) is 0 Å². The molecule has 160 valence electrons. The fourth-order valence-corrected chi connectivity index (χ4v) is 3.03. The summed E-state index contributed by atoms with van der Waals surface area (Å²) < 4.78 is 4.97. The Labute approximate surface area is 180 Å². The molecule has 2 amide bonds. The highest BCUT2D eigenvalue weighted by molar-refractivity contribution is 5.96. The van der Waals surface area contributed by atoms with E-state index in [0.717, 1.165) is 24.2 Å². The van der Waals surface area contributed by atoms with Gasteiger partial charge in [-0.25, -0.2) is 9.78 Å². The second kappa shape index (κ2) is 10.2. The average Bonchev–Trinajstić information content (AvgIpc) is 2.81. The third-order valence-corrected chi connectivity index (χ3v) is 4.72. The molecular formula is C23H24N4O4. The molecule has 8 nitrogen and oxygen atoms in total. The van der Waals surface area contributed by atoms with Crippen LogP contribution in [0.1, 0.15) is 34.7 Å². The van der Waals surface area contributed by atoms with Gasteiger partial charge in [0.25, 0.3) is 11.8 Å². The number of nitrogens with zero attached hydrogens (tertiary/aromatic N) is 2. The fraction of sp³-hybridized carbons (Fsp3) is 0.217. The van der Waals surface area contributed by atoms with Gasteiger partial charge < -0.3 is 9.64 Å². The molecule has 0 spiro atoms. The molecule has 3 aromatic rings. The van der Waals surface area contributed by atoms with Crippen LogP contribution in [0.4, 0.5) is 5.69 Å². The highest BCUT2D eigenvalue weighted by atomic mass is 16.5. The Morgan fingerprint density at radius 2 is 1.61 bits per heavy atom. The van der Waals surface area contributed by atoms with Gasteiger partial charge in [0.15, 0.2) is 6.61 Å². The van der Waals surface area contributed by atoms with E-state index in [4.69, 9.17) is 4.74 Å². The topological polar surface area (TPSA) is 101 Å². The summed E-state index contributed by atoms with van der Waals surface area (Å²) >= 11 is 0. The quantitative estimate of drug-likeness (QED) is 0.450. The van der Waals surface area contributed by atoms with E-state index in [0.29, 0.717) is 11.1 Å². The van der Waals surface area contributed by atoms with Crippen LogP contribution in [0.15, 0.2) is 60.7 Å². The van der Waals surface area contributed by atoms with Crippen molar-refractivity contribution in [3.63, 3.8) is 0 Å². The van der Waals surface area contributed by atoms with Gasteiger partial charge in [0, 0.05) is 29.7 Å². The van der Waals surface area contributed by atoms with Gasteiger partial charge in [0.1, 0.15) is 5.69 Å². The number of anilines is 1. The van der Waals surface area contributed by atoms with Crippen molar-refractivity contribution in [3.8, 4) is 0 Å². The Hall–Kier alpha value is -3.94. The molecule has 2 N–H and O–H groups in total. The number of hydrogen-bond acceptors (Lipinski definition) is 6. The number of fused-ring (bicyclic) bond motifs is 1. The van der Waals surface area contributed by atoms with Crippen LogP contribution in [-0.4, -0.2) is 42.5 Å². The number of rotatable bonds is 7. The molecule has 2 aromatic carbocycles. The van der Waals surface area contributed by atoms with E-state index in [1.807, 2.05) is 30.3 Å². The van der Waals surface area contributed by atoms with Crippen molar-refractivity contribution in [2.24, 2.45) is 0 Å². The SMILES string of the molecule is CCN(CC)c1ccc(C(=O)NNC(=O)COC(=O)c2ccc3ccccc3n2)cc1. The van der Waals surface area contributed by atoms with Crippen molar-refractivity contribution in [2.75, 3.05) is 24.6 Å². The maximum absolute atomic E-state index is 12.2. The molecule has 3 rings (SSSR count). The molecule has 0 aliphatic carbocycles. The lowest BCUT2D eigenvalue weighted by atomic mass is 10.2. The standard InChI is InChI=1S/C23H24N4O4/c1-3-27(4-2)18-12-9-17(10-13-18)22(29)26-25-21(28)15-31-23(30)20-14-11-16-7-5-6-8-19(16)24-20/h5-14H,3-4,15H2,1-2H3,(H,25,28)(H,26,29). The van der Waals surface area contributed by atoms with E-state index >= 15 is 0 Å². The monoisotopic (exact) mass is 420 g/mol. The van der Waals surface area contributed by atoms with E-state index < -0.39 is 24.4 Å². The maximum atomic E-state index is 12.2. The second-order valence-electron chi connectivity index (χ2n) is 6.69. The van der Waals surface area contributed by atoms with Gasteiger partial charge in [0.05, 0.1) is 5.52 Å². The van der Waals surface area contributed by atoms with Crippen LogP contribution in [0, 0.1) is 0 Å². The minimum absolute atomic E-state index is 0.101. The molecule has 0 saturated carbocycles. The highest BCUT2D eigenvalue weighted by Gasteiger charge is 2.13. The Bertz CT molecular complexity index is 1080. The molecule has 0 atom stereocenters. The lowest BCUT2D eigenvalue weighted by Crippen LogP contribution is -2.43. The summed E-state index contributed by atoms with van der Waals surface area (Å²) in [6.45, 7) is 5.30. The number of amides is 2. The number of ether oxygens (including phenoxy) is 1. The first-order chi connectivity index (χ1) is 15.0. The molecule has 0 unspecified atom stereocenters. The summed E-state index contributed by atoms with van der Waals surface area (Å²) in [5.74, 6) is -1.86. The molecule has 0 saturated heterocycles. The summed E-state index contributed by atoms with van der Waals surface area (Å²) in [7, 11) is 0. The average molecular weight is 420 g/mol. The fourth-order valence-electron chi connectivity index (χ4n) is 3.03. The third kappa shape index (κ3) is 5.57. The first kappa shape index (κ1) is 21.8. The molecule has 1 heterocycles. The Kier molecular flexibility index (Phi) is 7.16. The third-order valence-electron chi connectivity index (χ3n) is 4.72. The van der Waals surface area contributed by atoms with Gasteiger partial charge in [-0.15, -0.1) is 0 Å².